The number of methoxy groups -OCH3 is 2. The molecule has 2 rings (SSSR count). The Bertz CT molecular complexity index is 592. The number of pyridine rings is 1. The van der Waals surface area contributed by atoms with E-state index in [4.69, 9.17) is 14.2 Å². The Labute approximate surface area is 116 Å². The Morgan fingerprint density at radius 2 is 2.10 bits per heavy atom. The Morgan fingerprint density at radius 1 is 1.30 bits per heavy atom. The lowest BCUT2D eigenvalue weighted by atomic mass is 10.2. The highest BCUT2D eigenvalue weighted by Crippen LogP contribution is 2.16. The normalized spacial score (nSPS) is 10.2. The first-order chi connectivity index (χ1) is 9.65. The number of carbonyl (C=O) groups is 1. The number of aromatic nitrogens is 3. The molecule has 7 heteroatoms. The molecule has 0 radical (unpaired) electrons. The summed E-state index contributed by atoms with van der Waals surface area (Å²) in [5.74, 6) is 0.639. The summed E-state index contributed by atoms with van der Waals surface area (Å²) in [4.78, 5) is 15.6. The number of hydrogen-bond donors (Lipinski definition) is 0. The van der Waals surface area contributed by atoms with E-state index in [2.05, 4.69) is 10.1 Å². The number of hydrogen-bond acceptors (Lipinski definition) is 6. The van der Waals surface area contributed by atoms with Gasteiger partial charge in [-0.3, -0.25) is 4.68 Å². The highest BCUT2D eigenvalue weighted by Gasteiger charge is 2.17. The maximum absolute atomic E-state index is 11.6. The molecule has 7 nitrogen and oxygen atoms in total. The quantitative estimate of drug-likeness (QED) is 0.764. The van der Waals surface area contributed by atoms with E-state index in [1.165, 1.54) is 13.3 Å². The van der Waals surface area contributed by atoms with Crippen molar-refractivity contribution in [2.75, 3.05) is 14.2 Å². The van der Waals surface area contributed by atoms with Crippen molar-refractivity contribution in [2.45, 2.75) is 6.61 Å². The Hall–Kier alpha value is -2.57. The summed E-state index contributed by atoms with van der Waals surface area (Å²) in [7, 11) is 4.60. The summed E-state index contributed by atoms with van der Waals surface area (Å²) in [5.41, 5.74) is 1.02. The van der Waals surface area contributed by atoms with Crippen LogP contribution in [0, 0.1) is 0 Å². The molecule has 20 heavy (non-hydrogen) atoms. The molecule has 2 heterocycles. The highest BCUT2D eigenvalue weighted by atomic mass is 16.5. The van der Waals surface area contributed by atoms with E-state index in [0.717, 1.165) is 0 Å². The molecule has 2 aromatic heterocycles. The lowest BCUT2D eigenvalue weighted by molar-refractivity contribution is 0.0597. The lowest BCUT2D eigenvalue weighted by Crippen LogP contribution is -2.10. The van der Waals surface area contributed by atoms with Crippen molar-refractivity contribution < 1.29 is 19.0 Å². The summed E-state index contributed by atoms with van der Waals surface area (Å²) in [6.07, 6.45) is 3.00. The molecular formula is C13H15N3O4. The smallest absolute Gasteiger partial charge is 0.341 e. The maximum atomic E-state index is 11.6. The van der Waals surface area contributed by atoms with Crippen LogP contribution in [0.2, 0.25) is 0 Å². The molecule has 0 unspecified atom stereocenters. The molecule has 0 aliphatic heterocycles. The molecule has 0 atom stereocenters. The van der Waals surface area contributed by atoms with Gasteiger partial charge in [0.15, 0.2) is 0 Å². The molecule has 0 aliphatic rings. The van der Waals surface area contributed by atoms with Crippen LogP contribution in [0.25, 0.3) is 0 Å². The minimum Gasteiger partial charge on any atom is -0.486 e. The summed E-state index contributed by atoms with van der Waals surface area (Å²) in [6.45, 7) is 0.189. The molecular weight excluding hydrogens is 262 g/mol. The van der Waals surface area contributed by atoms with Gasteiger partial charge in [-0.25, -0.2) is 9.78 Å². The molecule has 0 aliphatic carbocycles. The summed E-state index contributed by atoms with van der Waals surface area (Å²) in [5, 5.41) is 4.03. The van der Waals surface area contributed by atoms with Crippen LogP contribution in [0.4, 0.5) is 0 Å². The average molecular weight is 277 g/mol. The Kier molecular flexibility index (Phi) is 4.19. The van der Waals surface area contributed by atoms with Gasteiger partial charge in [0.1, 0.15) is 17.9 Å². The van der Waals surface area contributed by atoms with Gasteiger partial charge < -0.3 is 14.2 Å². The average Bonchev–Trinajstić information content (AvgIpc) is 2.86. The minimum atomic E-state index is -0.440. The van der Waals surface area contributed by atoms with Gasteiger partial charge in [-0.05, 0) is 6.07 Å². The molecule has 0 saturated heterocycles. The van der Waals surface area contributed by atoms with Crippen LogP contribution in [-0.4, -0.2) is 35.0 Å². The van der Waals surface area contributed by atoms with Gasteiger partial charge in [-0.15, -0.1) is 0 Å². The van der Waals surface area contributed by atoms with E-state index in [1.54, 1.807) is 37.2 Å². The van der Waals surface area contributed by atoms with Crippen molar-refractivity contribution in [1.29, 1.82) is 0 Å². The van der Waals surface area contributed by atoms with Gasteiger partial charge in [0.2, 0.25) is 5.88 Å². The third kappa shape index (κ3) is 2.87. The van der Waals surface area contributed by atoms with Crippen molar-refractivity contribution in [3.8, 4) is 11.6 Å². The Balaban J connectivity index is 2.10. The van der Waals surface area contributed by atoms with E-state index >= 15 is 0 Å². The second-order valence-corrected chi connectivity index (χ2v) is 3.95. The van der Waals surface area contributed by atoms with Gasteiger partial charge in [-0.2, -0.15) is 5.10 Å². The monoisotopic (exact) mass is 277 g/mol. The van der Waals surface area contributed by atoms with E-state index in [9.17, 15) is 4.79 Å². The van der Waals surface area contributed by atoms with Crippen LogP contribution in [0.3, 0.4) is 0 Å². The van der Waals surface area contributed by atoms with E-state index in [1.807, 2.05) is 0 Å². The van der Waals surface area contributed by atoms with E-state index in [-0.39, 0.29) is 6.61 Å². The molecule has 2 aromatic rings. The number of carbonyl (C=O) groups excluding carboxylic acids is 1. The fourth-order valence-electron chi connectivity index (χ4n) is 1.64. The van der Waals surface area contributed by atoms with Crippen molar-refractivity contribution in [3.63, 3.8) is 0 Å². The van der Waals surface area contributed by atoms with Crippen LogP contribution >= 0.6 is 0 Å². The molecule has 0 N–H and O–H groups in total. The molecule has 0 amide bonds. The molecule has 0 spiro atoms. The molecule has 0 bridgehead atoms. The first-order valence-electron chi connectivity index (χ1n) is 5.87. The predicted octanol–water partition coefficient (Wildman–Crippen LogP) is 1.19. The van der Waals surface area contributed by atoms with Crippen molar-refractivity contribution in [1.82, 2.24) is 14.8 Å². The molecule has 106 valence electrons. The summed E-state index contributed by atoms with van der Waals surface area (Å²) < 4.78 is 16.8. The highest BCUT2D eigenvalue weighted by molar-refractivity contribution is 5.90. The van der Waals surface area contributed by atoms with E-state index in [0.29, 0.717) is 22.9 Å². The molecule has 0 aromatic carbocycles. The number of nitrogens with zero attached hydrogens (tertiary/aromatic N) is 3. The van der Waals surface area contributed by atoms with Crippen molar-refractivity contribution >= 4 is 5.97 Å². The zero-order chi connectivity index (χ0) is 14.5. The summed E-state index contributed by atoms with van der Waals surface area (Å²) in [6, 6.07) is 3.43. The number of ether oxygens (including phenoxy) is 3. The third-order valence-electron chi connectivity index (χ3n) is 2.76. The zero-order valence-corrected chi connectivity index (χ0v) is 11.5. The van der Waals surface area contributed by atoms with Crippen LogP contribution in [0.15, 0.2) is 24.5 Å². The third-order valence-corrected chi connectivity index (χ3v) is 2.76. The topological polar surface area (TPSA) is 75.5 Å². The van der Waals surface area contributed by atoms with Crippen molar-refractivity contribution in [2.24, 2.45) is 7.05 Å². The lowest BCUT2D eigenvalue weighted by Gasteiger charge is -2.08. The number of esters is 1. The van der Waals surface area contributed by atoms with Crippen LogP contribution in [-0.2, 0) is 18.4 Å². The molecule has 0 fully saturated rings. The maximum Gasteiger partial charge on any atom is 0.341 e. The van der Waals surface area contributed by atoms with Crippen LogP contribution in [0.5, 0.6) is 11.6 Å². The SMILES string of the molecule is COC(=O)c1cnn(C)c1COc1ccc(OC)nc1. The molecule has 0 saturated carbocycles. The predicted molar refractivity (Wildman–Crippen MR) is 69.7 cm³/mol. The second kappa shape index (κ2) is 6.05. The van der Waals surface area contributed by atoms with Crippen molar-refractivity contribution in [3.05, 3.63) is 35.8 Å². The second-order valence-electron chi connectivity index (χ2n) is 3.95. The first kappa shape index (κ1) is 13.9. The number of aryl methyl sites for hydroxylation is 1. The summed E-state index contributed by atoms with van der Waals surface area (Å²) >= 11 is 0. The largest absolute Gasteiger partial charge is 0.486 e. The standard InChI is InChI=1S/C13H15N3O4/c1-16-11(10(7-15-16)13(17)19-3)8-20-9-4-5-12(18-2)14-6-9/h4-7H,8H2,1-3H3. The first-order valence-corrected chi connectivity index (χ1v) is 5.87. The van der Waals surface area contributed by atoms with Gasteiger partial charge >= 0.3 is 5.97 Å². The van der Waals surface area contributed by atoms with Gasteiger partial charge in [0.05, 0.1) is 32.3 Å². The van der Waals surface area contributed by atoms with Gasteiger partial charge in [0, 0.05) is 13.1 Å². The fourth-order valence-corrected chi connectivity index (χ4v) is 1.64. The zero-order valence-electron chi connectivity index (χ0n) is 11.5. The van der Waals surface area contributed by atoms with Gasteiger partial charge in [-0.1, -0.05) is 0 Å². The van der Waals surface area contributed by atoms with Gasteiger partial charge in [0.25, 0.3) is 0 Å². The Morgan fingerprint density at radius 3 is 2.70 bits per heavy atom. The van der Waals surface area contributed by atoms with Crippen LogP contribution in [0.1, 0.15) is 16.1 Å². The fraction of sp³-hybridized carbons (Fsp3) is 0.308. The number of rotatable bonds is 5. The minimum absolute atomic E-state index is 0.189. The van der Waals surface area contributed by atoms with E-state index < -0.39 is 5.97 Å². The van der Waals surface area contributed by atoms with Crippen LogP contribution < -0.4 is 9.47 Å².